The van der Waals surface area contributed by atoms with Crippen LogP contribution in [0.1, 0.15) is 35.8 Å². The van der Waals surface area contributed by atoms with Crippen LogP contribution in [-0.4, -0.2) is 22.1 Å². The van der Waals surface area contributed by atoms with Crippen molar-refractivity contribution in [2.24, 2.45) is 0 Å². The van der Waals surface area contributed by atoms with Gasteiger partial charge in [0, 0.05) is 17.5 Å². The number of halogens is 1. The van der Waals surface area contributed by atoms with Crippen LogP contribution in [-0.2, 0) is 0 Å². The first-order valence-corrected chi connectivity index (χ1v) is 8.77. The second-order valence-electron chi connectivity index (χ2n) is 5.02. The molecule has 21 heavy (non-hydrogen) atoms. The van der Waals surface area contributed by atoms with Crippen molar-refractivity contribution in [1.29, 1.82) is 5.26 Å². The Morgan fingerprint density at radius 3 is 3.19 bits per heavy atom. The molecular formula is C14H14ClN3OS2. The predicted octanol–water partition coefficient (Wildman–Crippen LogP) is 3.82. The molecule has 2 unspecified atom stereocenters. The highest BCUT2D eigenvalue weighted by molar-refractivity contribution is 7.11. The summed E-state index contributed by atoms with van der Waals surface area (Å²) < 4.78 is 4.08. The lowest BCUT2D eigenvalue weighted by Gasteiger charge is -2.26. The van der Waals surface area contributed by atoms with Gasteiger partial charge in [-0.15, -0.1) is 11.3 Å². The van der Waals surface area contributed by atoms with E-state index in [1.165, 1.54) is 11.5 Å². The van der Waals surface area contributed by atoms with Gasteiger partial charge in [-0.3, -0.25) is 0 Å². The Balaban J connectivity index is 1.78. The molecule has 3 rings (SSSR count). The Hall–Kier alpha value is -1.13. The number of thiophene rings is 1. The molecule has 0 saturated carbocycles. The van der Waals surface area contributed by atoms with Crippen molar-refractivity contribution in [3.63, 3.8) is 0 Å². The van der Waals surface area contributed by atoms with E-state index in [1.54, 1.807) is 11.3 Å². The number of anilines is 1. The molecule has 0 spiro atoms. The van der Waals surface area contributed by atoms with Crippen LogP contribution in [0.25, 0.3) is 0 Å². The van der Waals surface area contributed by atoms with Crippen molar-refractivity contribution in [3.05, 3.63) is 33.1 Å². The molecule has 2 aromatic heterocycles. The van der Waals surface area contributed by atoms with Crippen LogP contribution in [0, 0.1) is 11.3 Å². The summed E-state index contributed by atoms with van der Waals surface area (Å²) in [5, 5.41) is 22.7. The third-order valence-electron chi connectivity index (χ3n) is 3.75. The maximum Gasteiger partial charge on any atom is 0.162 e. The lowest BCUT2D eigenvalue weighted by atomic mass is 10.1. The fraction of sp³-hybridized carbons (Fsp3) is 0.429. The number of hydrogen-bond donors (Lipinski definition) is 1. The molecular weight excluding hydrogens is 326 g/mol. The largest absolute Gasteiger partial charge is 0.387 e. The molecule has 1 saturated heterocycles. The molecule has 2 atom stereocenters. The average molecular weight is 340 g/mol. The van der Waals surface area contributed by atoms with E-state index in [2.05, 4.69) is 15.3 Å². The first-order chi connectivity index (χ1) is 10.2. The van der Waals surface area contributed by atoms with Gasteiger partial charge < -0.3 is 10.0 Å². The van der Waals surface area contributed by atoms with E-state index in [0.717, 1.165) is 29.3 Å². The van der Waals surface area contributed by atoms with E-state index >= 15 is 0 Å². The summed E-state index contributed by atoms with van der Waals surface area (Å²) in [6, 6.07) is 6.27. The van der Waals surface area contributed by atoms with Gasteiger partial charge in [0.2, 0.25) is 0 Å². The minimum absolute atomic E-state index is 0.228. The van der Waals surface area contributed by atoms with Crippen LogP contribution in [0.2, 0.25) is 5.15 Å². The lowest BCUT2D eigenvalue weighted by Crippen LogP contribution is -2.30. The Morgan fingerprint density at radius 2 is 2.48 bits per heavy atom. The highest BCUT2D eigenvalue weighted by atomic mass is 35.5. The molecule has 1 aliphatic rings. The Kier molecular flexibility index (Phi) is 4.45. The number of aliphatic hydroxyl groups is 1. The van der Waals surface area contributed by atoms with Gasteiger partial charge in [-0.05, 0) is 42.2 Å². The molecule has 0 bridgehead atoms. The zero-order chi connectivity index (χ0) is 14.8. The van der Waals surface area contributed by atoms with Crippen LogP contribution in [0.15, 0.2) is 17.5 Å². The van der Waals surface area contributed by atoms with E-state index in [9.17, 15) is 10.4 Å². The van der Waals surface area contributed by atoms with Gasteiger partial charge in [0.05, 0.1) is 6.10 Å². The van der Waals surface area contributed by atoms with Crippen molar-refractivity contribution < 1.29 is 5.11 Å². The van der Waals surface area contributed by atoms with Crippen LogP contribution in [0.3, 0.4) is 0 Å². The Morgan fingerprint density at radius 1 is 1.62 bits per heavy atom. The number of nitrogens with zero attached hydrogens (tertiary/aromatic N) is 3. The zero-order valence-corrected chi connectivity index (χ0v) is 13.6. The fourth-order valence-corrected chi connectivity index (χ4v) is 4.61. The summed E-state index contributed by atoms with van der Waals surface area (Å²) in [6.07, 6.45) is 2.29. The molecule has 0 amide bonds. The van der Waals surface area contributed by atoms with E-state index in [-0.39, 0.29) is 11.2 Å². The van der Waals surface area contributed by atoms with Crippen LogP contribution >= 0.6 is 34.5 Å². The second-order valence-corrected chi connectivity index (χ2v) is 7.11. The summed E-state index contributed by atoms with van der Waals surface area (Å²) in [7, 11) is 0. The van der Waals surface area contributed by atoms with E-state index in [0.29, 0.717) is 12.0 Å². The van der Waals surface area contributed by atoms with Crippen LogP contribution in [0.4, 0.5) is 5.00 Å². The number of nitriles is 1. The van der Waals surface area contributed by atoms with Gasteiger partial charge in [-0.25, -0.2) is 0 Å². The minimum Gasteiger partial charge on any atom is -0.387 e. The topological polar surface area (TPSA) is 60.2 Å². The summed E-state index contributed by atoms with van der Waals surface area (Å²) in [5.41, 5.74) is 0.458. The lowest BCUT2D eigenvalue weighted by molar-refractivity contribution is 0.162. The van der Waals surface area contributed by atoms with Crippen LogP contribution in [0.5, 0.6) is 0 Å². The monoisotopic (exact) mass is 339 g/mol. The maximum atomic E-state index is 10.3. The Bertz CT molecular complexity index is 650. The molecule has 0 radical (unpaired) electrons. The highest BCUT2D eigenvalue weighted by Crippen LogP contribution is 2.38. The third-order valence-corrected chi connectivity index (χ3v) is 5.98. The summed E-state index contributed by atoms with van der Waals surface area (Å²) >= 11 is 8.80. The third kappa shape index (κ3) is 2.92. The van der Waals surface area contributed by atoms with Crippen molar-refractivity contribution >= 4 is 39.5 Å². The van der Waals surface area contributed by atoms with Gasteiger partial charge in [-0.1, -0.05) is 17.7 Å². The second kappa shape index (κ2) is 6.32. The SMILES string of the molecule is N#Cc1c(Cl)nsc1N1CCCC1CC(O)c1cccs1. The Labute approximate surface area is 136 Å². The number of aromatic nitrogens is 1. The van der Waals surface area contributed by atoms with Crippen LogP contribution < -0.4 is 4.90 Å². The average Bonchev–Trinajstić information content (AvgIpc) is 3.18. The molecule has 0 aromatic carbocycles. The molecule has 0 aliphatic carbocycles. The predicted molar refractivity (Wildman–Crippen MR) is 86.1 cm³/mol. The normalized spacial score (nSPS) is 19.7. The van der Waals surface area contributed by atoms with E-state index in [1.807, 2.05) is 17.5 Å². The van der Waals surface area contributed by atoms with Crippen molar-refractivity contribution in [3.8, 4) is 6.07 Å². The molecule has 7 heteroatoms. The van der Waals surface area contributed by atoms with Gasteiger partial charge in [0.25, 0.3) is 0 Å². The highest BCUT2D eigenvalue weighted by Gasteiger charge is 2.31. The maximum absolute atomic E-state index is 10.3. The van der Waals surface area contributed by atoms with Crippen molar-refractivity contribution in [1.82, 2.24) is 4.37 Å². The molecule has 1 aliphatic heterocycles. The minimum atomic E-state index is -0.454. The molecule has 3 heterocycles. The van der Waals surface area contributed by atoms with Gasteiger partial charge in [-0.2, -0.15) is 9.64 Å². The molecule has 1 fully saturated rings. The molecule has 1 N–H and O–H groups in total. The number of rotatable bonds is 4. The summed E-state index contributed by atoms with van der Waals surface area (Å²) in [4.78, 5) is 3.17. The zero-order valence-electron chi connectivity index (χ0n) is 11.2. The smallest absolute Gasteiger partial charge is 0.162 e. The summed E-state index contributed by atoms with van der Waals surface area (Å²) in [5.74, 6) is 0. The summed E-state index contributed by atoms with van der Waals surface area (Å²) in [6.45, 7) is 0.884. The molecule has 2 aromatic rings. The van der Waals surface area contributed by atoms with Crippen molar-refractivity contribution in [2.45, 2.75) is 31.4 Å². The number of hydrogen-bond acceptors (Lipinski definition) is 6. The quantitative estimate of drug-likeness (QED) is 0.919. The van der Waals surface area contributed by atoms with Crippen molar-refractivity contribution in [2.75, 3.05) is 11.4 Å². The van der Waals surface area contributed by atoms with E-state index < -0.39 is 6.10 Å². The molecule has 4 nitrogen and oxygen atoms in total. The fourth-order valence-electron chi connectivity index (χ4n) is 2.76. The van der Waals surface area contributed by atoms with Gasteiger partial charge in [0.1, 0.15) is 16.6 Å². The first-order valence-electron chi connectivity index (χ1n) is 6.74. The first kappa shape index (κ1) is 14.8. The van der Waals surface area contributed by atoms with Gasteiger partial charge in [0.15, 0.2) is 5.15 Å². The van der Waals surface area contributed by atoms with E-state index in [4.69, 9.17) is 11.6 Å². The number of aliphatic hydroxyl groups excluding tert-OH is 1. The standard InChI is InChI=1S/C14H14ClN3OS2/c15-13-10(8-16)14(21-17-13)18-5-1-3-9(18)7-11(19)12-4-2-6-20-12/h2,4,6,9,11,19H,1,3,5,7H2. The van der Waals surface area contributed by atoms with Gasteiger partial charge >= 0.3 is 0 Å². The molecule has 110 valence electrons.